The second-order valence-electron chi connectivity index (χ2n) is 14.7. The minimum absolute atomic E-state index is 0.362. The van der Waals surface area contributed by atoms with E-state index in [0.717, 1.165) is 66.1 Å². The van der Waals surface area contributed by atoms with Gasteiger partial charge in [0.1, 0.15) is 17.2 Å². The highest BCUT2D eigenvalue weighted by atomic mass is 16.3. The topological polar surface area (TPSA) is 85.5 Å². The summed E-state index contributed by atoms with van der Waals surface area (Å²) in [6.07, 6.45) is 0. The molecule has 4 heterocycles. The van der Waals surface area contributed by atoms with Crippen LogP contribution in [0.2, 0.25) is 0 Å². The highest BCUT2D eigenvalue weighted by molar-refractivity contribution is 6.27. The molecule has 0 aliphatic carbocycles. The van der Waals surface area contributed by atoms with Crippen molar-refractivity contribution in [1.29, 1.82) is 5.26 Å². The Bertz CT molecular complexity index is 3610. The number of benzene rings is 8. The molecular weight excluding hydrogens is 725 g/mol. The van der Waals surface area contributed by atoms with E-state index in [2.05, 4.69) is 112 Å². The number of rotatable bonds is 5. The molecule has 0 aliphatic rings. The van der Waals surface area contributed by atoms with Crippen molar-refractivity contribution in [3.05, 3.63) is 188 Å². The molecular formula is C52H30N6O. The van der Waals surface area contributed by atoms with Crippen molar-refractivity contribution in [2.24, 2.45) is 0 Å². The van der Waals surface area contributed by atoms with Gasteiger partial charge in [-0.15, -0.1) is 0 Å². The molecule has 7 nitrogen and oxygen atoms in total. The highest BCUT2D eigenvalue weighted by Crippen LogP contribution is 2.46. The van der Waals surface area contributed by atoms with E-state index in [1.165, 1.54) is 10.8 Å². The van der Waals surface area contributed by atoms with Gasteiger partial charge in [-0.2, -0.15) is 5.26 Å². The van der Waals surface area contributed by atoms with Gasteiger partial charge in [0.05, 0.1) is 44.3 Å². The van der Waals surface area contributed by atoms with E-state index in [1.807, 2.05) is 84.9 Å². The Morgan fingerprint density at radius 1 is 0.458 bits per heavy atom. The van der Waals surface area contributed by atoms with Gasteiger partial charge >= 0.3 is 0 Å². The first-order chi connectivity index (χ1) is 29.2. The Morgan fingerprint density at radius 3 is 1.69 bits per heavy atom. The zero-order valence-electron chi connectivity index (χ0n) is 31.4. The summed E-state index contributed by atoms with van der Waals surface area (Å²) in [7, 11) is 0. The van der Waals surface area contributed by atoms with Crippen molar-refractivity contribution in [2.75, 3.05) is 0 Å². The third kappa shape index (κ3) is 4.90. The molecule has 0 saturated heterocycles. The van der Waals surface area contributed by atoms with E-state index in [-0.39, 0.29) is 0 Å². The van der Waals surface area contributed by atoms with Crippen molar-refractivity contribution in [3.63, 3.8) is 0 Å². The van der Waals surface area contributed by atoms with Crippen LogP contribution in [0.25, 0.3) is 111 Å². The fraction of sp³-hybridized carbons (Fsp3) is 0. The van der Waals surface area contributed by atoms with Crippen LogP contribution in [0, 0.1) is 11.3 Å². The molecule has 0 radical (unpaired) electrons. The molecule has 12 aromatic rings. The molecule has 0 saturated carbocycles. The first kappa shape index (κ1) is 32.9. The van der Waals surface area contributed by atoms with Gasteiger partial charge in [0.2, 0.25) is 0 Å². The molecule has 59 heavy (non-hydrogen) atoms. The van der Waals surface area contributed by atoms with Gasteiger partial charge in [0, 0.05) is 43.7 Å². The van der Waals surface area contributed by atoms with Gasteiger partial charge in [-0.25, -0.2) is 15.0 Å². The number of aromatic nitrogens is 5. The maximum atomic E-state index is 11.1. The first-order valence-corrected chi connectivity index (χ1v) is 19.5. The van der Waals surface area contributed by atoms with Crippen molar-refractivity contribution in [3.8, 4) is 51.6 Å². The van der Waals surface area contributed by atoms with Crippen LogP contribution in [0.3, 0.4) is 0 Å². The smallest absolute Gasteiger partial charge is 0.169 e. The molecule has 4 aromatic heterocycles. The molecule has 8 aromatic carbocycles. The van der Waals surface area contributed by atoms with Crippen LogP contribution in [-0.4, -0.2) is 24.1 Å². The molecule has 0 amide bonds. The summed E-state index contributed by atoms with van der Waals surface area (Å²) in [6, 6.07) is 64.5. The predicted octanol–water partition coefficient (Wildman–Crippen LogP) is 12.8. The maximum Gasteiger partial charge on any atom is 0.169 e. The van der Waals surface area contributed by atoms with Crippen molar-refractivity contribution < 1.29 is 4.42 Å². The van der Waals surface area contributed by atoms with Crippen LogP contribution in [0.1, 0.15) is 5.56 Å². The molecule has 0 fully saturated rings. The second-order valence-corrected chi connectivity index (χ2v) is 14.7. The van der Waals surface area contributed by atoms with Gasteiger partial charge in [-0.1, -0.05) is 140 Å². The van der Waals surface area contributed by atoms with Crippen LogP contribution < -0.4 is 0 Å². The average Bonchev–Trinajstić information content (AvgIpc) is 3.97. The number of hydrogen-bond acceptors (Lipinski definition) is 5. The molecule has 0 atom stereocenters. The van der Waals surface area contributed by atoms with E-state index in [0.29, 0.717) is 39.8 Å². The third-order valence-electron chi connectivity index (χ3n) is 11.4. The number of nitriles is 1. The lowest BCUT2D eigenvalue weighted by molar-refractivity contribution is 0.669. The Hall–Kier alpha value is -8.34. The minimum Gasteiger partial charge on any atom is -0.455 e. The molecule has 12 rings (SSSR count). The summed E-state index contributed by atoms with van der Waals surface area (Å²) in [5.41, 5.74) is 10.0. The summed E-state index contributed by atoms with van der Waals surface area (Å²) in [4.78, 5) is 15.1. The maximum absolute atomic E-state index is 11.1. The number of fused-ring (bicyclic) bond motifs is 10. The van der Waals surface area contributed by atoms with Gasteiger partial charge in [0.25, 0.3) is 0 Å². The fourth-order valence-electron chi connectivity index (χ4n) is 8.90. The molecule has 0 N–H and O–H groups in total. The standard InChI is InChI=1S/C52H30N6O/c53-31-34-30-43(58-41-26-14-11-23-38(41)46-42(58)29-28-37-36-22-10-13-25-40(36)57(48(37)46)35-20-8-3-9-21-35)47-39-24-12-15-27-44(39)59-49(47)45(34)52-55-50(32-16-4-1-5-17-32)54-51(56-52)33-18-6-2-7-19-33/h1-30H. The summed E-state index contributed by atoms with van der Waals surface area (Å²) >= 11 is 0. The first-order valence-electron chi connectivity index (χ1n) is 19.5. The van der Waals surface area contributed by atoms with Crippen LogP contribution in [0.5, 0.6) is 0 Å². The van der Waals surface area contributed by atoms with E-state index in [1.54, 1.807) is 0 Å². The van der Waals surface area contributed by atoms with Crippen molar-refractivity contribution >= 4 is 65.6 Å². The number of para-hydroxylation sites is 4. The van der Waals surface area contributed by atoms with E-state index in [4.69, 9.17) is 19.4 Å². The van der Waals surface area contributed by atoms with Gasteiger partial charge in [-0.05, 0) is 42.5 Å². The van der Waals surface area contributed by atoms with Crippen LogP contribution >= 0.6 is 0 Å². The average molecular weight is 755 g/mol. The SMILES string of the molecule is N#Cc1cc(-n2c3ccccc3c3c2ccc2c4ccccc4n(-c4ccccc4)c23)c2c(oc3ccccc32)c1-c1nc(-c2ccccc2)nc(-c2ccccc2)n1. The summed E-state index contributed by atoms with van der Waals surface area (Å²) < 4.78 is 11.5. The Labute approximate surface area is 337 Å². The summed E-state index contributed by atoms with van der Waals surface area (Å²) in [5, 5.41) is 17.5. The van der Waals surface area contributed by atoms with Crippen molar-refractivity contribution in [2.45, 2.75) is 0 Å². The van der Waals surface area contributed by atoms with Crippen LogP contribution in [0.4, 0.5) is 0 Å². The van der Waals surface area contributed by atoms with Gasteiger partial charge in [0.15, 0.2) is 17.5 Å². The quantitative estimate of drug-likeness (QED) is 0.175. The fourth-order valence-corrected chi connectivity index (χ4v) is 8.90. The van der Waals surface area contributed by atoms with Gasteiger partial charge < -0.3 is 13.6 Å². The molecule has 0 aliphatic heterocycles. The van der Waals surface area contributed by atoms with E-state index < -0.39 is 0 Å². The molecule has 7 heteroatoms. The minimum atomic E-state index is 0.362. The van der Waals surface area contributed by atoms with Crippen LogP contribution in [-0.2, 0) is 0 Å². The van der Waals surface area contributed by atoms with Crippen LogP contribution in [0.15, 0.2) is 186 Å². The number of hydrogen-bond donors (Lipinski definition) is 0. The Kier molecular flexibility index (Phi) is 7.16. The second kappa shape index (κ2) is 12.8. The van der Waals surface area contributed by atoms with Crippen molar-refractivity contribution in [1.82, 2.24) is 24.1 Å². The zero-order chi connectivity index (χ0) is 39.0. The van der Waals surface area contributed by atoms with E-state index in [9.17, 15) is 5.26 Å². The van der Waals surface area contributed by atoms with E-state index >= 15 is 0 Å². The third-order valence-corrected chi connectivity index (χ3v) is 11.4. The molecule has 0 bridgehead atoms. The Balaban J connectivity index is 1.22. The Morgan fingerprint density at radius 2 is 1.02 bits per heavy atom. The number of furan rings is 1. The molecule has 274 valence electrons. The molecule has 0 unspecified atom stereocenters. The lowest BCUT2D eigenvalue weighted by atomic mass is 10.00. The molecule has 0 spiro atoms. The largest absolute Gasteiger partial charge is 0.455 e. The monoisotopic (exact) mass is 754 g/mol. The predicted molar refractivity (Wildman–Crippen MR) is 237 cm³/mol. The highest BCUT2D eigenvalue weighted by Gasteiger charge is 2.27. The zero-order valence-corrected chi connectivity index (χ0v) is 31.4. The normalized spacial score (nSPS) is 11.7. The lowest BCUT2D eigenvalue weighted by Gasteiger charge is -2.14. The number of nitrogens with zero attached hydrogens (tertiary/aromatic N) is 6. The summed E-state index contributed by atoms with van der Waals surface area (Å²) in [6.45, 7) is 0. The summed E-state index contributed by atoms with van der Waals surface area (Å²) in [5.74, 6) is 1.37. The van der Waals surface area contributed by atoms with Gasteiger partial charge in [-0.3, -0.25) is 0 Å². The lowest BCUT2D eigenvalue weighted by Crippen LogP contribution is -2.03.